The van der Waals surface area contributed by atoms with E-state index in [9.17, 15) is 4.79 Å². The SMILES string of the molecule is O=C(NCc1cccc(OC2CCCCC2)c1)NC1CCN(c2ccccn2)CC1. The molecule has 160 valence electrons. The number of pyridine rings is 1. The summed E-state index contributed by atoms with van der Waals surface area (Å²) in [5.74, 6) is 1.92. The summed E-state index contributed by atoms with van der Waals surface area (Å²) >= 11 is 0. The molecule has 2 amide bonds. The van der Waals surface area contributed by atoms with Crippen molar-refractivity contribution in [3.63, 3.8) is 0 Å². The molecule has 0 unspecified atom stereocenters. The standard InChI is InChI=1S/C24H32N4O2/c29-24(27-20-12-15-28(16-13-20)23-11-4-5-14-25-23)26-18-19-7-6-10-22(17-19)30-21-8-2-1-3-9-21/h4-7,10-11,14,17,20-21H,1-3,8-9,12-13,15-16,18H2,(H2,26,27,29). The smallest absolute Gasteiger partial charge is 0.315 e. The number of ether oxygens (including phenoxy) is 1. The van der Waals surface area contributed by atoms with Gasteiger partial charge in [-0.25, -0.2) is 9.78 Å². The van der Waals surface area contributed by atoms with Crippen molar-refractivity contribution in [3.05, 3.63) is 54.2 Å². The zero-order valence-electron chi connectivity index (χ0n) is 17.6. The summed E-state index contributed by atoms with van der Waals surface area (Å²) in [4.78, 5) is 19.0. The van der Waals surface area contributed by atoms with Crippen LogP contribution in [0.3, 0.4) is 0 Å². The average Bonchev–Trinajstić information content (AvgIpc) is 2.80. The maximum Gasteiger partial charge on any atom is 0.315 e. The first-order chi connectivity index (χ1) is 14.8. The molecular formula is C24H32N4O2. The van der Waals surface area contributed by atoms with Crippen LogP contribution >= 0.6 is 0 Å². The number of hydrogen-bond acceptors (Lipinski definition) is 4. The van der Waals surface area contributed by atoms with Gasteiger partial charge in [0.25, 0.3) is 0 Å². The van der Waals surface area contributed by atoms with Crippen LogP contribution in [0, 0.1) is 0 Å². The number of nitrogens with zero attached hydrogens (tertiary/aromatic N) is 2. The van der Waals surface area contributed by atoms with Crippen LogP contribution in [0.1, 0.15) is 50.5 Å². The van der Waals surface area contributed by atoms with Gasteiger partial charge in [-0.05, 0) is 68.4 Å². The summed E-state index contributed by atoms with van der Waals surface area (Å²) in [7, 11) is 0. The van der Waals surface area contributed by atoms with E-state index in [1.54, 1.807) is 0 Å². The molecular weight excluding hydrogens is 376 g/mol. The van der Waals surface area contributed by atoms with Crippen molar-refractivity contribution in [2.24, 2.45) is 0 Å². The number of piperidine rings is 1. The van der Waals surface area contributed by atoms with E-state index < -0.39 is 0 Å². The molecule has 1 aromatic carbocycles. The molecule has 6 nitrogen and oxygen atoms in total. The van der Waals surface area contributed by atoms with Crippen molar-refractivity contribution in [1.82, 2.24) is 15.6 Å². The average molecular weight is 409 g/mol. The van der Waals surface area contributed by atoms with Crippen molar-refractivity contribution in [1.29, 1.82) is 0 Å². The highest BCUT2D eigenvalue weighted by atomic mass is 16.5. The molecule has 2 aromatic rings. The van der Waals surface area contributed by atoms with Crippen molar-refractivity contribution in [2.75, 3.05) is 18.0 Å². The summed E-state index contributed by atoms with van der Waals surface area (Å²) in [6, 6.07) is 14.1. The van der Waals surface area contributed by atoms with Gasteiger partial charge >= 0.3 is 6.03 Å². The number of carbonyl (C=O) groups is 1. The number of amides is 2. The summed E-state index contributed by atoms with van der Waals surface area (Å²) in [6.45, 7) is 2.31. The zero-order valence-corrected chi connectivity index (χ0v) is 17.6. The van der Waals surface area contributed by atoms with Gasteiger partial charge < -0.3 is 20.3 Å². The topological polar surface area (TPSA) is 66.5 Å². The number of anilines is 1. The predicted molar refractivity (Wildman–Crippen MR) is 119 cm³/mol. The minimum atomic E-state index is -0.107. The molecule has 0 radical (unpaired) electrons. The molecule has 30 heavy (non-hydrogen) atoms. The minimum absolute atomic E-state index is 0.107. The van der Waals surface area contributed by atoms with Crippen molar-refractivity contribution in [2.45, 2.75) is 63.6 Å². The Labute approximate surface area is 179 Å². The van der Waals surface area contributed by atoms with Gasteiger partial charge in [0.05, 0.1) is 6.10 Å². The third kappa shape index (κ3) is 5.88. The Morgan fingerprint density at radius 2 is 1.87 bits per heavy atom. The van der Waals surface area contributed by atoms with Crippen molar-refractivity contribution in [3.8, 4) is 5.75 Å². The molecule has 1 aliphatic carbocycles. The maximum atomic E-state index is 12.4. The zero-order chi connectivity index (χ0) is 20.6. The van der Waals surface area contributed by atoms with E-state index in [4.69, 9.17) is 4.74 Å². The van der Waals surface area contributed by atoms with Gasteiger partial charge in [0.1, 0.15) is 11.6 Å². The Morgan fingerprint density at radius 3 is 2.63 bits per heavy atom. The largest absolute Gasteiger partial charge is 0.490 e. The lowest BCUT2D eigenvalue weighted by Crippen LogP contribution is -2.47. The normalized spacial score (nSPS) is 18.1. The molecule has 0 atom stereocenters. The quantitative estimate of drug-likeness (QED) is 0.749. The van der Waals surface area contributed by atoms with E-state index in [2.05, 4.69) is 20.5 Å². The number of hydrogen-bond donors (Lipinski definition) is 2. The predicted octanol–water partition coefficient (Wildman–Crippen LogP) is 4.26. The van der Waals surface area contributed by atoms with Gasteiger partial charge in [-0.15, -0.1) is 0 Å². The van der Waals surface area contributed by atoms with E-state index in [-0.39, 0.29) is 12.1 Å². The Hall–Kier alpha value is -2.76. The van der Waals surface area contributed by atoms with Crippen LogP contribution in [0.2, 0.25) is 0 Å². The Balaban J connectivity index is 1.19. The van der Waals surface area contributed by atoms with Gasteiger partial charge in [-0.2, -0.15) is 0 Å². The van der Waals surface area contributed by atoms with E-state index in [1.807, 2.05) is 48.7 Å². The van der Waals surface area contributed by atoms with Crippen LogP contribution in [0.25, 0.3) is 0 Å². The van der Waals surface area contributed by atoms with Crippen LogP contribution < -0.4 is 20.3 Å². The van der Waals surface area contributed by atoms with Crippen LogP contribution in [0.15, 0.2) is 48.7 Å². The highest BCUT2D eigenvalue weighted by molar-refractivity contribution is 5.74. The Bertz CT molecular complexity index is 800. The van der Waals surface area contributed by atoms with Crippen molar-refractivity contribution >= 4 is 11.8 Å². The van der Waals surface area contributed by atoms with E-state index in [1.165, 1.54) is 19.3 Å². The molecule has 2 N–H and O–H groups in total. The van der Waals surface area contributed by atoms with Gasteiger partial charge in [0.15, 0.2) is 0 Å². The fourth-order valence-corrected chi connectivity index (χ4v) is 4.32. The molecule has 6 heteroatoms. The third-order valence-corrected chi connectivity index (χ3v) is 6.01. The van der Waals surface area contributed by atoms with E-state index in [0.29, 0.717) is 12.6 Å². The second kappa shape index (κ2) is 10.3. The Morgan fingerprint density at radius 1 is 1.03 bits per heavy atom. The summed E-state index contributed by atoms with van der Waals surface area (Å²) in [6.07, 6.45) is 10.1. The fourth-order valence-electron chi connectivity index (χ4n) is 4.32. The molecule has 0 bridgehead atoms. The summed E-state index contributed by atoms with van der Waals surface area (Å²) in [5, 5.41) is 6.10. The van der Waals surface area contributed by atoms with Crippen molar-refractivity contribution < 1.29 is 9.53 Å². The number of aromatic nitrogens is 1. The molecule has 1 aliphatic heterocycles. The fraction of sp³-hybridized carbons (Fsp3) is 0.500. The number of nitrogens with one attached hydrogen (secondary N) is 2. The Kier molecular flexibility index (Phi) is 7.06. The van der Waals surface area contributed by atoms with Crippen LogP contribution in [0.4, 0.5) is 10.6 Å². The van der Waals surface area contributed by atoms with Crippen LogP contribution in [-0.2, 0) is 6.54 Å². The highest BCUT2D eigenvalue weighted by Gasteiger charge is 2.21. The van der Waals surface area contributed by atoms with E-state index >= 15 is 0 Å². The van der Waals surface area contributed by atoms with Crippen LogP contribution in [-0.4, -0.2) is 36.3 Å². The first-order valence-electron chi connectivity index (χ1n) is 11.2. The molecule has 1 saturated carbocycles. The highest BCUT2D eigenvalue weighted by Crippen LogP contribution is 2.24. The van der Waals surface area contributed by atoms with Gasteiger partial charge in [-0.3, -0.25) is 0 Å². The number of rotatable bonds is 6. The lowest BCUT2D eigenvalue weighted by Gasteiger charge is -2.33. The molecule has 2 fully saturated rings. The second-order valence-corrected chi connectivity index (χ2v) is 8.30. The van der Waals surface area contributed by atoms with Gasteiger partial charge in [0.2, 0.25) is 0 Å². The number of benzene rings is 1. The lowest BCUT2D eigenvalue weighted by atomic mass is 9.98. The first kappa shape index (κ1) is 20.5. The minimum Gasteiger partial charge on any atom is -0.490 e. The monoisotopic (exact) mass is 408 g/mol. The molecule has 1 aromatic heterocycles. The number of carbonyl (C=O) groups excluding carboxylic acids is 1. The van der Waals surface area contributed by atoms with Crippen LogP contribution in [0.5, 0.6) is 5.75 Å². The third-order valence-electron chi connectivity index (χ3n) is 6.01. The van der Waals surface area contributed by atoms with Gasteiger partial charge in [-0.1, -0.05) is 24.6 Å². The molecule has 2 aliphatic rings. The summed E-state index contributed by atoms with van der Waals surface area (Å²) < 4.78 is 6.13. The molecule has 1 saturated heterocycles. The summed E-state index contributed by atoms with van der Waals surface area (Å²) in [5.41, 5.74) is 1.06. The van der Waals surface area contributed by atoms with E-state index in [0.717, 1.165) is 55.9 Å². The lowest BCUT2D eigenvalue weighted by molar-refractivity contribution is 0.155. The number of urea groups is 1. The molecule has 0 spiro atoms. The molecule has 2 heterocycles. The van der Waals surface area contributed by atoms with Gasteiger partial charge in [0, 0.05) is 31.9 Å². The molecule has 4 rings (SSSR count). The second-order valence-electron chi connectivity index (χ2n) is 8.30. The maximum absolute atomic E-state index is 12.4. The first-order valence-corrected chi connectivity index (χ1v) is 11.2.